The first-order chi connectivity index (χ1) is 10.4. The van der Waals surface area contributed by atoms with Crippen molar-refractivity contribution in [1.29, 1.82) is 0 Å². The average molecular weight is 313 g/mol. The van der Waals surface area contributed by atoms with Crippen LogP contribution in [0.5, 0.6) is 0 Å². The van der Waals surface area contributed by atoms with Gasteiger partial charge in [0, 0.05) is 0 Å². The number of rotatable bonds is 11. The van der Waals surface area contributed by atoms with Crippen molar-refractivity contribution in [3.05, 3.63) is 0 Å². The Morgan fingerprint density at radius 2 is 1.64 bits per heavy atom. The first kappa shape index (κ1) is 20.0. The molecule has 0 spiro atoms. The highest BCUT2D eigenvalue weighted by molar-refractivity contribution is 4.97. The Labute approximate surface area is 139 Å². The van der Waals surface area contributed by atoms with Gasteiger partial charge < -0.3 is 0 Å². The molecule has 1 saturated carbocycles. The van der Waals surface area contributed by atoms with Crippen molar-refractivity contribution in [2.75, 3.05) is 0 Å². The van der Waals surface area contributed by atoms with Crippen LogP contribution in [-0.4, -0.2) is 6.17 Å². The molecule has 0 saturated heterocycles. The van der Waals surface area contributed by atoms with E-state index in [9.17, 15) is 4.39 Å². The molecule has 0 aromatic carbocycles. The zero-order valence-electron chi connectivity index (χ0n) is 16.1. The summed E-state index contributed by atoms with van der Waals surface area (Å²) in [6.07, 6.45) is 10.9. The number of halogens is 1. The first-order valence-corrected chi connectivity index (χ1v) is 10.0. The highest BCUT2D eigenvalue weighted by Crippen LogP contribution is 2.51. The SMILES string of the molecule is CCCCC(C)C(CCCC)C(CC)CC1CC(C)(C)C1F. The summed E-state index contributed by atoms with van der Waals surface area (Å²) >= 11 is 0. The summed E-state index contributed by atoms with van der Waals surface area (Å²) in [5, 5.41) is 0. The maximum atomic E-state index is 14.4. The summed E-state index contributed by atoms with van der Waals surface area (Å²) in [5.74, 6) is 2.69. The minimum absolute atomic E-state index is 0.0598. The predicted molar refractivity (Wildman–Crippen MR) is 96.9 cm³/mol. The monoisotopic (exact) mass is 312 g/mol. The summed E-state index contributed by atoms with van der Waals surface area (Å²) in [6, 6.07) is 0. The van der Waals surface area contributed by atoms with Crippen molar-refractivity contribution in [1.82, 2.24) is 0 Å². The lowest BCUT2D eigenvalue weighted by molar-refractivity contribution is -0.0569. The standard InChI is InChI=1S/C21H41F/c1-7-10-12-16(4)19(13-11-8-2)17(9-3)14-18-15-21(5,6)20(18)22/h16-20H,7-15H2,1-6H3. The Morgan fingerprint density at radius 1 is 1.05 bits per heavy atom. The smallest absolute Gasteiger partial charge is 0.108 e. The summed E-state index contributed by atoms with van der Waals surface area (Å²) < 4.78 is 14.4. The molecule has 1 aliphatic carbocycles. The highest BCUT2D eigenvalue weighted by atomic mass is 19.1. The molecular weight excluding hydrogens is 271 g/mol. The van der Waals surface area contributed by atoms with Gasteiger partial charge in [-0.1, -0.05) is 80.1 Å². The lowest BCUT2D eigenvalue weighted by Crippen LogP contribution is -2.47. The largest absolute Gasteiger partial charge is 0.247 e. The summed E-state index contributed by atoms with van der Waals surface area (Å²) in [7, 11) is 0. The molecule has 0 heterocycles. The van der Waals surface area contributed by atoms with Gasteiger partial charge in [0.05, 0.1) is 0 Å². The third kappa shape index (κ3) is 5.24. The lowest BCUT2D eigenvalue weighted by atomic mass is 9.59. The fourth-order valence-corrected chi connectivity index (χ4v) is 4.77. The van der Waals surface area contributed by atoms with Crippen molar-refractivity contribution in [3.63, 3.8) is 0 Å². The van der Waals surface area contributed by atoms with Gasteiger partial charge in [0.1, 0.15) is 6.17 Å². The van der Waals surface area contributed by atoms with E-state index in [2.05, 4.69) is 41.5 Å². The molecule has 1 fully saturated rings. The maximum Gasteiger partial charge on any atom is 0.108 e. The van der Waals surface area contributed by atoms with Crippen molar-refractivity contribution in [3.8, 4) is 0 Å². The average Bonchev–Trinajstić information content (AvgIpc) is 2.50. The second-order valence-electron chi connectivity index (χ2n) is 8.68. The van der Waals surface area contributed by atoms with E-state index in [0.29, 0.717) is 5.92 Å². The summed E-state index contributed by atoms with van der Waals surface area (Å²) in [4.78, 5) is 0. The number of alkyl halides is 1. The van der Waals surface area contributed by atoms with E-state index in [1.54, 1.807) is 0 Å². The van der Waals surface area contributed by atoms with Crippen molar-refractivity contribution in [2.45, 2.75) is 106 Å². The molecular formula is C21H41F. The van der Waals surface area contributed by atoms with Gasteiger partial charge in [-0.15, -0.1) is 0 Å². The Hall–Kier alpha value is -0.0700. The Morgan fingerprint density at radius 3 is 2.09 bits per heavy atom. The molecule has 1 heteroatoms. The minimum atomic E-state index is -0.570. The minimum Gasteiger partial charge on any atom is -0.247 e. The molecule has 22 heavy (non-hydrogen) atoms. The Balaban J connectivity index is 2.63. The van der Waals surface area contributed by atoms with Crippen LogP contribution in [0.3, 0.4) is 0 Å². The van der Waals surface area contributed by atoms with Crippen LogP contribution in [0.25, 0.3) is 0 Å². The number of unbranched alkanes of at least 4 members (excludes halogenated alkanes) is 2. The van der Waals surface area contributed by atoms with Crippen molar-refractivity contribution < 1.29 is 4.39 Å². The molecule has 0 aromatic rings. The molecule has 0 aliphatic heterocycles. The molecule has 0 bridgehead atoms. The highest BCUT2D eigenvalue weighted by Gasteiger charge is 2.48. The first-order valence-electron chi connectivity index (χ1n) is 10.0. The zero-order chi connectivity index (χ0) is 16.8. The molecule has 0 aromatic heterocycles. The van der Waals surface area contributed by atoms with Crippen LogP contribution in [0.4, 0.5) is 4.39 Å². The predicted octanol–water partition coefficient (Wildman–Crippen LogP) is 7.42. The van der Waals surface area contributed by atoms with Gasteiger partial charge in [-0.3, -0.25) is 0 Å². The maximum absolute atomic E-state index is 14.4. The summed E-state index contributed by atoms with van der Waals surface area (Å²) in [5.41, 5.74) is -0.0598. The normalized spacial score (nSPS) is 28.0. The molecule has 0 amide bonds. The van der Waals surface area contributed by atoms with E-state index < -0.39 is 6.17 Å². The van der Waals surface area contributed by atoms with Gasteiger partial charge in [-0.2, -0.15) is 0 Å². The van der Waals surface area contributed by atoms with Gasteiger partial charge in [0.2, 0.25) is 0 Å². The van der Waals surface area contributed by atoms with E-state index in [1.807, 2.05) is 0 Å². The molecule has 1 aliphatic rings. The molecule has 1 rings (SSSR count). The van der Waals surface area contributed by atoms with Crippen LogP contribution in [0.2, 0.25) is 0 Å². The van der Waals surface area contributed by atoms with E-state index in [4.69, 9.17) is 0 Å². The number of hydrogen-bond acceptors (Lipinski definition) is 0. The van der Waals surface area contributed by atoms with Gasteiger partial charge in [0.25, 0.3) is 0 Å². The van der Waals surface area contributed by atoms with E-state index >= 15 is 0 Å². The van der Waals surface area contributed by atoms with Crippen LogP contribution in [0, 0.1) is 29.1 Å². The molecule has 0 N–H and O–H groups in total. The molecule has 0 radical (unpaired) electrons. The molecule has 5 unspecified atom stereocenters. The van der Waals surface area contributed by atoms with Gasteiger partial charge >= 0.3 is 0 Å². The van der Waals surface area contributed by atoms with E-state index in [-0.39, 0.29) is 5.41 Å². The quantitative estimate of drug-likeness (QED) is 0.372. The van der Waals surface area contributed by atoms with Crippen LogP contribution in [0.15, 0.2) is 0 Å². The van der Waals surface area contributed by atoms with Gasteiger partial charge in [-0.25, -0.2) is 4.39 Å². The van der Waals surface area contributed by atoms with E-state index in [1.165, 1.54) is 44.9 Å². The molecule has 132 valence electrons. The van der Waals surface area contributed by atoms with Crippen LogP contribution >= 0.6 is 0 Å². The Kier molecular flexibility index (Phi) is 8.43. The Bertz CT molecular complexity index is 296. The summed E-state index contributed by atoms with van der Waals surface area (Å²) in [6.45, 7) is 13.5. The van der Waals surface area contributed by atoms with E-state index in [0.717, 1.165) is 30.6 Å². The fourth-order valence-electron chi connectivity index (χ4n) is 4.77. The fraction of sp³-hybridized carbons (Fsp3) is 1.00. The van der Waals surface area contributed by atoms with Crippen molar-refractivity contribution >= 4 is 0 Å². The third-order valence-corrected chi connectivity index (χ3v) is 6.32. The topological polar surface area (TPSA) is 0 Å². The van der Waals surface area contributed by atoms with Crippen LogP contribution in [0.1, 0.15) is 99.3 Å². The van der Waals surface area contributed by atoms with Crippen LogP contribution < -0.4 is 0 Å². The second kappa shape index (κ2) is 9.28. The number of hydrogen-bond donors (Lipinski definition) is 0. The van der Waals surface area contributed by atoms with Gasteiger partial charge in [-0.05, 0) is 48.3 Å². The molecule has 0 nitrogen and oxygen atoms in total. The van der Waals surface area contributed by atoms with Crippen molar-refractivity contribution in [2.24, 2.45) is 29.1 Å². The molecule has 5 atom stereocenters. The van der Waals surface area contributed by atoms with Crippen LogP contribution in [-0.2, 0) is 0 Å². The second-order valence-corrected chi connectivity index (χ2v) is 8.68. The zero-order valence-corrected chi connectivity index (χ0v) is 16.1. The van der Waals surface area contributed by atoms with Gasteiger partial charge in [0.15, 0.2) is 0 Å². The third-order valence-electron chi connectivity index (χ3n) is 6.32. The lowest BCUT2D eigenvalue weighted by Gasteiger charge is -2.49.